The van der Waals surface area contributed by atoms with Crippen molar-refractivity contribution in [1.29, 1.82) is 0 Å². The third-order valence-electron chi connectivity index (χ3n) is 4.37. The van der Waals surface area contributed by atoms with E-state index in [1.165, 1.54) is 36.6 Å². The quantitative estimate of drug-likeness (QED) is 0.737. The number of likely N-dealkylation sites (tertiary alicyclic amines) is 1. The first kappa shape index (κ1) is 17.9. The largest absolute Gasteiger partial charge is 0.356 e. The Balaban J connectivity index is 0.00000176. The first-order valence-electron chi connectivity index (χ1n) is 7.83. The van der Waals surface area contributed by atoms with Gasteiger partial charge >= 0.3 is 0 Å². The monoisotopic (exact) mass is 435 g/mol. The van der Waals surface area contributed by atoms with E-state index >= 15 is 0 Å². The number of likely N-dealkylation sites (N-methyl/N-ethyl adjacent to an activating group) is 1. The molecule has 2 aliphatic heterocycles. The second-order valence-electron chi connectivity index (χ2n) is 6.09. The number of aliphatic imine (C=N–C) groups is 1. The van der Waals surface area contributed by atoms with E-state index in [1.807, 2.05) is 0 Å². The Bertz CT molecular complexity index is 496. The predicted octanol–water partition coefficient (Wildman–Crippen LogP) is 2.17. The van der Waals surface area contributed by atoms with Gasteiger partial charge in [-0.3, -0.25) is 9.89 Å². The Hall–Kier alpha value is -0.410. The molecule has 7 heteroatoms. The number of nitrogens with zero attached hydrogens (tertiary/aromatic N) is 4. The molecule has 0 saturated carbocycles. The fraction of sp³-hybridized carbons (Fsp3) is 0.733. The maximum Gasteiger partial charge on any atom is 0.193 e. The zero-order valence-electron chi connectivity index (χ0n) is 13.4. The van der Waals surface area contributed by atoms with Crippen molar-refractivity contribution in [1.82, 2.24) is 20.1 Å². The molecule has 1 aromatic rings. The smallest absolute Gasteiger partial charge is 0.193 e. The summed E-state index contributed by atoms with van der Waals surface area (Å²) in [7, 11) is 2.11. The number of thiazole rings is 1. The summed E-state index contributed by atoms with van der Waals surface area (Å²) in [6.07, 6.45) is 2.54. The van der Waals surface area contributed by atoms with Crippen molar-refractivity contribution in [3.8, 4) is 0 Å². The van der Waals surface area contributed by atoms with Gasteiger partial charge in [0.15, 0.2) is 5.96 Å². The van der Waals surface area contributed by atoms with Crippen LogP contribution < -0.4 is 5.32 Å². The number of aryl methyl sites for hydroxylation is 1. The summed E-state index contributed by atoms with van der Waals surface area (Å²) in [6, 6.07) is 0. The van der Waals surface area contributed by atoms with E-state index in [4.69, 9.17) is 0 Å². The van der Waals surface area contributed by atoms with Crippen molar-refractivity contribution >= 4 is 41.3 Å². The summed E-state index contributed by atoms with van der Waals surface area (Å²) in [5, 5.41) is 6.88. The van der Waals surface area contributed by atoms with Gasteiger partial charge in [0.2, 0.25) is 0 Å². The van der Waals surface area contributed by atoms with E-state index in [0.717, 1.165) is 38.1 Å². The molecular formula is C15H26IN5S. The number of halogens is 1. The first-order valence-corrected chi connectivity index (χ1v) is 8.71. The topological polar surface area (TPSA) is 43.8 Å². The van der Waals surface area contributed by atoms with E-state index < -0.39 is 0 Å². The van der Waals surface area contributed by atoms with Crippen molar-refractivity contribution in [2.24, 2.45) is 10.9 Å². The second-order valence-corrected chi connectivity index (χ2v) is 7.15. The summed E-state index contributed by atoms with van der Waals surface area (Å²) in [5.41, 5.74) is 1.23. The van der Waals surface area contributed by atoms with Crippen LogP contribution in [0.25, 0.3) is 0 Å². The number of nitrogens with one attached hydrogen (secondary N) is 1. The fourth-order valence-corrected chi connectivity index (χ4v) is 3.62. The lowest BCUT2D eigenvalue weighted by Gasteiger charge is -2.32. The van der Waals surface area contributed by atoms with Gasteiger partial charge in [-0.25, -0.2) is 4.98 Å². The average Bonchev–Trinajstić information content (AvgIpc) is 3.07. The number of aromatic nitrogens is 1. The maximum atomic E-state index is 4.56. The molecule has 0 aliphatic carbocycles. The third kappa shape index (κ3) is 4.79. The lowest BCUT2D eigenvalue weighted by atomic mass is 9.97. The van der Waals surface area contributed by atoms with Crippen LogP contribution in [0, 0.1) is 12.8 Å². The Labute approximate surface area is 154 Å². The van der Waals surface area contributed by atoms with Gasteiger partial charge < -0.3 is 10.2 Å². The predicted molar refractivity (Wildman–Crippen MR) is 103 cm³/mol. The summed E-state index contributed by atoms with van der Waals surface area (Å²) in [6.45, 7) is 8.51. The Morgan fingerprint density at radius 2 is 2.09 bits per heavy atom. The highest BCUT2D eigenvalue weighted by Crippen LogP contribution is 2.19. The second kappa shape index (κ2) is 8.44. The molecule has 5 nitrogen and oxygen atoms in total. The molecule has 0 radical (unpaired) electrons. The minimum absolute atomic E-state index is 0. The van der Waals surface area contributed by atoms with E-state index in [0.29, 0.717) is 0 Å². The number of hydrogen-bond acceptors (Lipinski definition) is 6. The van der Waals surface area contributed by atoms with Crippen molar-refractivity contribution < 1.29 is 0 Å². The molecule has 0 atom stereocenters. The van der Waals surface area contributed by atoms with Crippen LogP contribution in [0.1, 0.15) is 23.5 Å². The number of guanidine groups is 1. The van der Waals surface area contributed by atoms with Crippen LogP contribution in [0.5, 0.6) is 0 Å². The number of piperidine rings is 1. The molecule has 1 fully saturated rings. The van der Waals surface area contributed by atoms with Crippen molar-refractivity contribution in [3.05, 3.63) is 16.1 Å². The normalized spacial score (nSPS) is 19.9. The minimum atomic E-state index is 0. The maximum absolute atomic E-state index is 4.56. The molecule has 3 rings (SSSR count). The molecule has 0 amide bonds. The van der Waals surface area contributed by atoms with Crippen LogP contribution >= 0.6 is 35.3 Å². The Morgan fingerprint density at radius 1 is 1.32 bits per heavy atom. The van der Waals surface area contributed by atoms with Crippen molar-refractivity contribution in [2.45, 2.75) is 26.3 Å². The van der Waals surface area contributed by atoms with Crippen LogP contribution in [-0.2, 0) is 6.54 Å². The van der Waals surface area contributed by atoms with Gasteiger partial charge in [0, 0.05) is 32.1 Å². The van der Waals surface area contributed by atoms with Crippen LogP contribution in [-0.4, -0.2) is 60.5 Å². The fourth-order valence-electron chi connectivity index (χ4n) is 3.02. The number of rotatable bonds is 4. The molecule has 1 N–H and O–H groups in total. The summed E-state index contributed by atoms with van der Waals surface area (Å²) in [5.74, 6) is 1.85. The zero-order chi connectivity index (χ0) is 14.7. The summed E-state index contributed by atoms with van der Waals surface area (Å²) < 4.78 is 0. The summed E-state index contributed by atoms with van der Waals surface area (Å²) in [4.78, 5) is 13.8. The van der Waals surface area contributed by atoms with Gasteiger partial charge in [0.1, 0.15) is 0 Å². The third-order valence-corrected chi connectivity index (χ3v) is 5.19. The lowest BCUT2D eigenvalue weighted by molar-refractivity contribution is 0.176. The molecule has 3 heterocycles. The van der Waals surface area contributed by atoms with Crippen LogP contribution in [0.4, 0.5) is 0 Å². The molecule has 0 spiro atoms. The zero-order valence-corrected chi connectivity index (χ0v) is 16.6. The highest BCUT2D eigenvalue weighted by atomic mass is 127. The molecule has 22 heavy (non-hydrogen) atoms. The lowest BCUT2D eigenvalue weighted by Crippen LogP contribution is -2.41. The summed E-state index contributed by atoms with van der Waals surface area (Å²) >= 11 is 1.75. The van der Waals surface area contributed by atoms with Gasteiger partial charge in [0.05, 0.1) is 17.2 Å². The van der Waals surface area contributed by atoms with Gasteiger partial charge in [-0.15, -0.1) is 35.3 Å². The average molecular weight is 435 g/mol. The van der Waals surface area contributed by atoms with Gasteiger partial charge in [0.25, 0.3) is 0 Å². The van der Waals surface area contributed by atoms with Gasteiger partial charge in [-0.05, 0) is 38.8 Å². The molecule has 124 valence electrons. The molecular weight excluding hydrogens is 409 g/mol. The highest BCUT2D eigenvalue weighted by molar-refractivity contribution is 14.0. The minimum Gasteiger partial charge on any atom is -0.356 e. The molecule has 0 aromatic carbocycles. The Morgan fingerprint density at radius 3 is 2.68 bits per heavy atom. The molecule has 1 aromatic heterocycles. The van der Waals surface area contributed by atoms with Gasteiger partial charge in [-0.2, -0.15) is 0 Å². The van der Waals surface area contributed by atoms with Crippen molar-refractivity contribution in [3.63, 3.8) is 0 Å². The van der Waals surface area contributed by atoms with Crippen LogP contribution in [0.3, 0.4) is 0 Å². The molecule has 0 bridgehead atoms. The van der Waals surface area contributed by atoms with E-state index in [9.17, 15) is 0 Å². The van der Waals surface area contributed by atoms with E-state index in [2.05, 4.69) is 44.4 Å². The molecule has 1 saturated heterocycles. The Kier molecular flexibility index (Phi) is 6.88. The van der Waals surface area contributed by atoms with E-state index in [1.54, 1.807) is 11.3 Å². The van der Waals surface area contributed by atoms with Crippen LogP contribution in [0.2, 0.25) is 0 Å². The highest BCUT2D eigenvalue weighted by Gasteiger charge is 2.21. The van der Waals surface area contributed by atoms with Gasteiger partial charge in [-0.1, -0.05) is 0 Å². The van der Waals surface area contributed by atoms with Crippen molar-refractivity contribution in [2.75, 3.05) is 39.8 Å². The van der Waals surface area contributed by atoms with Crippen LogP contribution in [0.15, 0.2) is 10.4 Å². The van der Waals surface area contributed by atoms with E-state index in [-0.39, 0.29) is 24.0 Å². The SMILES string of the molecule is Cc1nc(CN2CCC(CNC3=NCCN3C)CC2)cs1.I. The number of hydrogen-bond donors (Lipinski definition) is 1. The molecule has 2 aliphatic rings. The standard InChI is InChI=1S/C15H25N5S.HI/c1-12-18-14(11-21-12)10-20-6-3-13(4-7-20)9-17-15-16-5-8-19(15)2;/h11,13H,3-10H2,1-2H3,(H,16,17);1H. The molecule has 0 unspecified atom stereocenters. The first-order chi connectivity index (χ1) is 10.2.